The zero-order valence-corrected chi connectivity index (χ0v) is 17.4. The molecular weight excluding hydrogens is 368 g/mol. The second-order valence-corrected chi connectivity index (χ2v) is 7.05. The maximum atomic E-state index is 12.8. The van der Waals surface area contributed by atoms with E-state index >= 15 is 0 Å². The summed E-state index contributed by atoms with van der Waals surface area (Å²) in [5.41, 5.74) is 3.89. The van der Waals surface area contributed by atoms with E-state index in [2.05, 4.69) is 10.5 Å². The number of nitrogens with zero attached hydrogens (tertiary/aromatic N) is 1. The highest BCUT2D eigenvalue weighted by atomic mass is 16.5. The van der Waals surface area contributed by atoms with Crippen LogP contribution >= 0.6 is 0 Å². The van der Waals surface area contributed by atoms with Crippen LogP contribution in [-0.2, 0) is 6.61 Å². The number of aryl methyl sites for hydroxylation is 3. The molecule has 2 aromatic carbocycles. The van der Waals surface area contributed by atoms with Crippen molar-refractivity contribution in [1.82, 2.24) is 10.5 Å². The van der Waals surface area contributed by atoms with Gasteiger partial charge in [-0.3, -0.25) is 4.79 Å². The number of ether oxygens (including phenoxy) is 2. The van der Waals surface area contributed by atoms with Crippen LogP contribution in [0.2, 0.25) is 0 Å². The van der Waals surface area contributed by atoms with E-state index in [9.17, 15) is 4.79 Å². The number of hydrogen-bond donors (Lipinski definition) is 1. The topological polar surface area (TPSA) is 73.6 Å². The van der Waals surface area contributed by atoms with E-state index in [0.29, 0.717) is 11.3 Å². The lowest BCUT2D eigenvalue weighted by atomic mass is 10.1. The van der Waals surface area contributed by atoms with Crippen molar-refractivity contribution in [2.75, 3.05) is 7.11 Å². The molecule has 1 N–H and O–H groups in total. The van der Waals surface area contributed by atoms with Gasteiger partial charge in [0.05, 0.1) is 18.7 Å². The van der Waals surface area contributed by atoms with Crippen LogP contribution in [0.3, 0.4) is 0 Å². The van der Waals surface area contributed by atoms with Gasteiger partial charge in [0.1, 0.15) is 23.9 Å². The van der Waals surface area contributed by atoms with Crippen molar-refractivity contribution in [1.29, 1.82) is 0 Å². The van der Waals surface area contributed by atoms with Gasteiger partial charge in [0.15, 0.2) is 5.69 Å². The number of amides is 1. The summed E-state index contributed by atoms with van der Waals surface area (Å²) in [6.45, 7) is 7.88. The molecule has 1 amide bonds. The molecule has 3 rings (SSSR count). The highest BCUT2D eigenvalue weighted by molar-refractivity contribution is 5.94. The average molecular weight is 394 g/mol. The fraction of sp³-hybridized carbons (Fsp3) is 0.304. The number of carbonyl (C=O) groups excluding carboxylic acids is 1. The number of nitrogens with one attached hydrogen (secondary N) is 1. The Morgan fingerprint density at radius 2 is 1.83 bits per heavy atom. The van der Waals surface area contributed by atoms with E-state index in [-0.39, 0.29) is 24.2 Å². The largest absolute Gasteiger partial charge is 0.497 e. The highest BCUT2D eigenvalue weighted by Crippen LogP contribution is 2.25. The van der Waals surface area contributed by atoms with Crippen LogP contribution in [0, 0.1) is 20.8 Å². The molecule has 6 nitrogen and oxygen atoms in total. The molecule has 1 heterocycles. The van der Waals surface area contributed by atoms with Gasteiger partial charge in [0, 0.05) is 0 Å². The number of methoxy groups -OCH3 is 1. The maximum Gasteiger partial charge on any atom is 0.274 e. The van der Waals surface area contributed by atoms with Gasteiger partial charge in [-0.2, -0.15) is 0 Å². The summed E-state index contributed by atoms with van der Waals surface area (Å²) >= 11 is 0. The van der Waals surface area contributed by atoms with Gasteiger partial charge in [0.25, 0.3) is 5.91 Å². The molecule has 0 saturated heterocycles. The van der Waals surface area contributed by atoms with E-state index in [0.717, 1.165) is 28.2 Å². The Labute approximate surface area is 170 Å². The third-order valence-electron chi connectivity index (χ3n) is 4.91. The molecule has 3 aromatic rings. The summed E-state index contributed by atoms with van der Waals surface area (Å²) in [5.74, 6) is 1.81. The molecular formula is C23H26N2O4. The summed E-state index contributed by atoms with van der Waals surface area (Å²) in [7, 11) is 1.61. The van der Waals surface area contributed by atoms with Gasteiger partial charge in [-0.15, -0.1) is 0 Å². The zero-order chi connectivity index (χ0) is 21.0. The fourth-order valence-corrected chi connectivity index (χ4v) is 3.17. The van der Waals surface area contributed by atoms with Crippen LogP contribution in [0.4, 0.5) is 0 Å². The zero-order valence-electron chi connectivity index (χ0n) is 17.4. The highest BCUT2D eigenvalue weighted by Gasteiger charge is 2.22. The van der Waals surface area contributed by atoms with Crippen LogP contribution in [0.25, 0.3) is 0 Å². The molecule has 152 valence electrons. The second-order valence-electron chi connectivity index (χ2n) is 7.05. The van der Waals surface area contributed by atoms with Crippen LogP contribution < -0.4 is 14.8 Å². The number of carbonyl (C=O) groups is 1. The van der Waals surface area contributed by atoms with Crippen LogP contribution in [0.5, 0.6) is 11.5 Å². The van der Waals surface area contributed by atoms with Gasteiger partial charge in [-0.05, 0) is 56.5 Å². The van der Waals surface area contributed by atoms with Crippen molar-refractivity contribution < 1.29 is 18.8 Å². The van der Waals surface area contributed by atoms with Crippen LogP contribution in [0.15, 0.2) is 47.0 Å². The quantitative estimate of drug-likeness (QED) is 0.630. The van der Waals surface area contributed by atoms with E-state index in [1.165, 1.54) is 0 Å². The number of benzene rings is 2. The minimum absolute atomic E-state index is 0.206. The number of hydrogen-bond acceptors (Lipinski definition) is 5. The van der Waals surface area contributed by atoms with Gasteiger partial charge in [0.2, 0.25) is 0 Å². The first-order valence-electron chi connectivity index (χ1n) is 9.49. The first-order valence-corrected chi connectivity index (χ1v) is 9.49. The van der Waals surface area contributed by atoms with Crippen molar-refractivity contribution in [2.45, 2.75) is 40.3 Å². The van der Waals surface area contributed by atoms with Crippen molar-refractivity contribution >= 4 is 5.91 Å². The predicted octanol–water partition coefficient (Wildman–Crippen LogP) is 4.68. The monoisotopic (exact) mass is 394 g/mol. The van der Waals surface area contributed by atoms with E-state index in [4.69, 9.17) is 14.0 Å². The van der Waals surface area contributed by atoms with Crippen LogP contribution in [0.1, 0.15) is 51.5 Å². The lowest BCUT2D eigenvalue weighted by molar-refractivity contribution is 0.0928. The SMILES string of the molecule is COc1cccc(C(C)NC(=O)c2noc(C)c2COc2c(C)cccc2C)c1. The van der Waals surface area contributed by atoms with Gasteiger partial charge in [-0.1, -0.05) is 35.5 Å². The Morgan fingerprint density at radius 1 is 1.14 bits per heavy atom. The van der Waals surface area contributed by atoms with Crippen molar-refractivity contribution in [2.24, 2.45) is 0 Å². The predicted molar refractivity (Wildman–Crippen MR) is 110 cm³/mol. The summed E-state index contributed by atoms with van der Waals surface area (Å²) < 4.78 is 16.5. The Bertz CT molecular complexity index is 990. The first-order chi connectivity index (χ1) is 13.9. The molecule has 0 aliphatic rings. The smallest absolute Gasteiger partial charge is 0.274 e. The molecule has 1 atom stereocenters. The third-order valence-corrected chi connectivity index (χ3v) is 4.91. The number of para-hydroxylation sites is 1. The first kappa shape index (κ1) is 20.5. The normalized spacial score (nSPS) is 11.8. The molecule has 0 spiro atoms. The van der Waals surface area contributed by atoms with Crippen molar-refractivity contribution in [3.05, 3.63) is 76.2 Å². The molecule has 29 heavy (non-hydrogen) atoms. The molecule has 0 fully saturated rings. The lowest BCUT2D eigenvalue weighted by Crippen LogP contribution is -2.28. The summed E-state index contributed by atoms with van der Waals surface area (Å²) in [6, 6.07) is 13.3. The minimum atomic E-state index is -0.308. The lowest BCUT2D eigenvalue weighted by Gasteiger charge is -2.15. The molecule has 0 radical (unpaired) electrons. The molecule has 1 unspecified atom stereocenters. The van der Waals surface area contributed by atoms with Crippen LogP contribution in [-0.4, -0.2) is 18.2 Å². The van der Waals surface area contributed by atoms with E-state index in [1.54, 1.807) is 14.0 Å². The fourth-order valence-electron chi connectivity index (χ4n) is 3.17. The average Bonchev–Trinajstić information content (AvgIpc) is 3.08. The minimum Gasteiger partial charge on any atom is -0.497 e. The van der Waals surface area contributed by atoms with E-state index < -0.39 is 0 Å². The third kappa shape index (κ3) is 4.59. The van der Waals surface area contributed by atoms with Gasteiger partial charge < -0.3 is 19.3 Å². The molecule has 1 aromatic heterocycles. The molecule has 0 aliphatic heterocycles. The second kappa shape index (κ2) is 8.82. The summed E-state index contributed by atoms with van der Waals surface area (Å²) in [5, 5.41) is 6.93. The number of rotatable bonds is 7. The molecule has 0 saturated carbocycles. The van der Waals surface area contributed by atoms with Gasteiger partial charge in [-0.25, -0.2) is 0 Å². The van der Waals surface area contributed by atoms with Gasteiger partial charge >= 0.3 is 0 Å². The Hall–Kier alpha value is -3.28. The van der Waals surface area contributed by atoms with Crippen molar-refractivity contribution in [3.8, 4) is 11.5 Å². The maximum absolute atomic E-state index is 12.8. The van der Waals surface area contributed by atoms with E-state index in [1.807, 2.05) is 63.2 Å². The molecule has 0 bridgehead atoms. The Kier molecular flexibility index (Phi) is 6.22. The Morgan fingerprint density at radius 3 is 2.52 bits per heavy atom. The summed E-state index contributed by atoms with van der Waals surface area (Å²) in [6.07, 6.45) is 0. The Balaban J connectivity index is 1.75. The number of aromatic nitrogens is 1. The molecule has 0 aliphatic carbocycles. The van der Waals surface area contributed by atoms with Crippen molar-refractivity contribution in [3.63, 3.8) is 0 Å². The summed E-state index contributed by atoms with van der Waals surface area (Å²) in [4.78, 5) is 12.8. The molecule has 6 heteroatoms. The standard InChI is InChI=1S/C23H26N2O4/c1-14-8-6-9-15(2)22(14)28-13-20-17(4)29-25-21(20)23(26)24-16(3)18-10-7-11-19(12-18)27-5/h6-12,16H,13H2,1-5H3,(H,24,26).